The summed E-state index contributed by atoms with van der Waals surface area (Å²) in [4.78, 5) is 45.7. The van der Waals surface area contributed by atoms with Gasteiger partial charge in [0, 0.05) is 12.8 Å². The van der Waals surface area contributed by atoms with Gasteiger partial charge in [0.05, 0.1) is 7.11 Å². The Hall–Kier alpha value is -1.52. The van der Waals surface area contributed by atoms with Crippen LogP contribution in [0.5, 0.6) is 0 Å². The zero-order valence-electron chi connectivity index (χ0n) is 9.53. The highest BCUT2D eigenvalue weighted by Crippen LogP contribution is 2.34. The van der Waals surface area contributed by atoms with E-state index in [1.807, 2.05) is 0 Å². The molecule has 0 amide bonds. The standard InChI is InChI=1S/C11H14O5/c1-11(2)4-6(12)8(7(13)5-11)9(14)10(15)16-3/h8H,4-5H2,1-3H3. The van der Waals surface area contributed by atoms with Crippen molar-refractivity contribution in [3.8, 4) is 0 Å². The number of carbonyl (C=O) groups excluding carboxylic acids is 4. The van der Waals surface area contributed by atoms with E-state index >= 15 is 0 Å². The van der Waals surface area contributed by atoms with Gasteiger partial charge in [-0.1, -0.05) is 13.8 Å². The molecule has 0 saturated heterocycles. The predicted octanol–water partition coefficient (Wildman–Crippen LogP) is 0.303. The van der Waals surface area contributed by atoms with Crippen LogP contribution in [-0.4, -0.2) is 30.4 Å². The number of hydrogen-bond acceptors (Lipinski definition) is 5. The molecule has 0 aliphatic heterocycles. The Morgan fingerprint density at radius 1 is 1.19 bits per heavy atom. The molecule has 1 aliphatic rings. The van der Waals surface area contributed by atoms with Crippen LogP contribution in [0.1, 0.15) is 26.7 Å². The molecule has 0 bridgehead atoms. The van der Waals surface area contributed by atoms with Crippen molar-refractivity contribution < 1.29 is 23.9 Å². The maximum atomic E-state index is 11.6. The molecular weight excluding hydrogens is 212 g/mol. The molecule has 0 heterocycles. The van der Waals surface area contributed by atoms with Gasteiger partial charge in [-0.15, -0.1) is 0 Å². The summed E-state index contributed by atoms with van der Waals surface area (Å²) < 4.78 is 4.22. The summed E-state index contributed by atoms with van der Waals surface area (Å²) in [6.45, 7) is 3.56. The first kappa shape index (κ1) is 12.5. The Balaban J connectivity index is 2.91. The number of carbonyl (C=O) groups is 4. The van der Waals surface area contributed by atoms with Crippen molar-refractivity contribution in [2.45, 2.75) is 26.7 Å². The van der Waals surface area contributed by atoms with E-state index < -0.39 is 34.7 Å². The molecule has 0 radical (unpaired) electrons. The van der Waals surface area contributed by atoms with E-state index in [0.717, 1.165) is 7.11 Å². The average molecular weight is 226 g/mol. The average Bonchev–Trinajstić information content (AvgIpc) is 2.13. The van der Waals surface area contributed by atoms with Gasteiger partial charge in [0.1, 0.15) is 5.92 Å². The van der Waals surface area contributed by atoms with Crippen molar-refractivity contribution in [1.82, 2.24) is 0 Å². The van der Waals surface area contributed by atoms with Crippen molar-refractivity contribution in [2.75, 3.05) is 7.11 Å². The van der Waals surface area contributed by atoms with Gasteiger partial charge in [0.15, 0.2) is 11.6 Å². The zero-order valence-corrected chi connectivity index (χ0v) is 9.53. The van der Waals surface area contributed by atoms with Crippen LogP contribution in [0, 0.1) is 11.3 Å². The van der Waals surface area contributed by atoms with Crippen LogP contribution in [0.3, 0.4) is 0 Å². The van der Waals surface area contributed by atoms with Crippen molar-refractivity contribution >= 4 is 23.3 Å². The fourth-order valence-corrected chi connectivity index (χ4v) is 1.90. The molecule has 1 aliphatic carbocycles. The summed E-state index contributed by atoms with van der Waals surface area (Å²) in [5, 5.41) is 0. The van der Waals surface area contributed by atoms with E-state index in [2.05, 4.69) is 4.74 Å². The van der Waals surface area contributed by atoms with Crippen molar-refractivity contribution in [1.29, 1.82) is 0 Å². The topological polar surface area (TPSA) is 77.5 Å². The van der Waals surface area contributed by atoms with Crippen LogP contribution in [0.4, 0.5) is 0 Å². The van der Waals surface area contributed by atoms with E-state index in [1.54, 1.807) is 13.8 Å². The quantitative estimate of drug-likeness (QED) is 0.384. The second-order valence-corrected chi connectivity index (χ2v) is 4.74. The number of hydrogen-bond donors (Lipinski definition) is 0. The molecule has 0 N–H and O–H groups in total. The highest BCUT2D eigenvalue weighted by atomic mass is 16.5. The molecule has 1 rings (SSSR count). The SMILES string of the molecule is COC(=O)C(=O)C1C(=O)CC(C)(C)CC1=O. The summed E-state index contributed by atoms with van der Waals surface area (Å²) in [7, 11) is 1.04. The van der Waals surface area contributed by atoms with E-state index in [-0.39, 0.29) is 12.8 Å². The maximum absolute atomic E-state index is 11.6. The van der Waals surface area contributed by atoms with Crippen molar-refractivity contribution in [3.05, 3.63) is 0 Å². The van der Waals surface area contributed by atoms with Crippen LogP contribution in [0.15, 0.2) is 0 Å². The molecule has 1 saturated carbocycles. The third-order valence-corrected chi connectivity index (χ3v) is 2.60. The summed E-state index contributed by atoms with van der Waals surface area (Å²) in [5.41, 5.74) is -0.429. The Kier molecular flexibility index (Phi) is 3.26. The second kappa shape index (κ2) is 4.15. The van der Waals surface area contributed by atoms with Gasteiger partial charge in [0.25, 0.3) is 5.78 Å². The first-order valence-corrected chi connectivity index (χ1v) is 4.96. The summed E-state index contributed by atoms with van der Waals surface area (Å²) in [6.07, 6.45) is 0.262. The minimum absolute atomic E-state index is 0.131. The van der Waals surface area contributed by atoms with E-state index in [1.165, 1.54) is 0 Å². The van der Waals surface area contributed by atoms with Gasteiger partial charge < -0.3 is 4.74 Å². The molecule has 88 valence electrons. The number of methoxy groups -OCH3 is 1. The molecule has 0 aromatic carbocycles. The fourth-order valence-electron chi connectivity index (χ4n) is 1.90. The summed E-state index contributed by atoms with van der Waals surface area (Å²) in [6, 6.07) is 0. The van der Waals surface area contributed by atoms with E-state index in [0.29, 0.717) is 0 Å². The normalized spacial score (nSPS) is 20.7. The fraction of sp³-hybridized carbons (Fsp3) is 0.636. The van der Waals surface area contributed by atoms with E-state index in [9.17, 15) is 19.2 Å². The Morgan fingerprint density at radius 2 is 1.62 bits per heavy atom. The highest BCUT2D eigenvalue weighted by Gasteiger charge is 2.45. The lowest BCUT2D eigenvalue weighted by molar-refractivity contribution is -0.158. The molecule has 5 nitrogen and oxygen atoms in total. The van der Waals surface area contributed by atoms with Gasteiger partial charge in [-0.2, -0.15) is 0 Å². The summed E-state index contributed by atoms with van der Waals surface area (Å²) >= 11 is 0. The van der Waals surface area contributed by atoms with Gasteiger partial charge in [-0.3, -0.25) is 14.4 Å². The number of esters is 1. The molecular formula is C11H14O5. The summed E-state index contributed by atoms with van der Waals surface area (Å²) in [5.74, 6) is -4.60. The van der Waals surface area contributed by atoms with E-state index in [4.69, 9.17) is 0 Å². The Morgan fingerprint density at radius 3 is 2.00 bits per heavy atom. The van der Waals surface area contributed by atoms with Gasteiger partial charge >= 0.3 is 5.97 Å². The number of ketones is 3. The van der Waals surface area contributed by atoms with Gasteiger partial charge in [-0.05, 0) is 5.41 Å². The van der Waals surface area contributed by atoms with Gasteiger partial charge in [0.2, 0.25) is 0 Å². The third-order valence-electron chi connectivity index (χ3n) is 2.60. The highest BCUT2D eigenvalue weighted by molar-refractivity contribution is 6.44. The second-order valence-electron chi connectivity index (χ2n) is 4.74. The van der Waals surface area contributed by atoms with Crippen molar-refractivity contribution in [2.24, 2.45) is 11.3 Å². The number of ether oxygens (including phenoxy) is 1. The lowest BCUT2D eigenvalue weighted by atomic mass is 9.70. The first-order chi connectivity index (χ1) is 7.28. The molecule has 5 heteroatoms. The smallest absolute Gasteiger partial charge is 0.375 e. The molecule has 0 aromatic rings. The largest absolute Gasteiger partial charge is 0.463 e. The lowest BCUT2D eigenvalue weighted by Crippen LogP contribution is -2.44. The number of rotatable bonds is 2. The molecule has 0 unspecified atom stereocenters. The van der Waals surface area contributed by atoms with Crippen molar-refractivity contribution in [3.63, 3.8) is 0 Å². The third kappa shape index (κ3) is 2.35. The minimum Gasteiger partial charge on any atom is -0.463 e. The molecule has 1 fully saturated rings. The van der Waals surface area contributed by atoms with Crippen LogP contribution >= 0.6 is 0 Å². The zero-order chi connectivity index (χ0) is 12.5. The maximum Gasteiger partial charge on any atom is 0.375 e. The van der Waals surface area contributed by atoms with Crippen LogP contribution in [0.2, 0.25) is 0 Å². The molecule has 0 spiro atoms. The van der Waals surface area contributed by atoms with Gasteiger partial charge in [-0.25, -0.2) is 4.79 Å². The minimum atomic E-state index is -1.44. The Labute approximate surface area is 93.1 Å². The molecule has 16 heavy (non-hydrogen) atoms. The Bertz CT molecular complexity index is 347. The monoisotopic (exact) mass is 226 g/mol. The molecule has 0 aromatic heterocycles. The van der Waals surface area contributed by atoms with Crippen LogP contribution in [0.25, 0.3) is 0 Å². The van der Waals surface area contributed by atoms with Crippen LogP contribution < -0.4 is 0 Å². The number of Topliss-reactive ketones (excluding diaryl/α,β-unsaturated/α-hetero) is 3. The predicted molar refractivity (Wildman–Crippen MR) is 53.5 cm³/mol. The molecule has 0 atom stereocenters. The van der Waals surface area contributed by atoms with Crippen LogP contribution in [-0.2, 0) is 23.9 Å². The first-order valence-electron chi connectivity index (χ1n) is 4.96. The lowest BCUT2D eigenvalue weighted by Gasteiger charge is -2.30.